The third kappa shape index (κ3) is 5.82. The molecule has 2 amide bonds. The molecule has 0 atom stereocenters. The Morgan fingerprint density at radius 2 is 2.00 bits per heavy atom. The van der Waals surface area contributed by atoms with Crippen LogP contribution in [0.5, 0.6) is 0 Å². The van der Waals surface area contributed by atoms with Crippen LogP contribution < -0.4 is 15.5 Å². The molecule has 3 heterocycles. The third-order valence-electron chi connectivity index (χ3n) is 9.07. The molecule has 2 fully saturated rings. The highest BCUT2D eigenvalue weighted by Crippen LogP contribution is 2.59. The quantitative estimate of drug-likeness (QED) is 0.274. The van der Waals surface area contributed by atoms with Gasteiger partial charge in [0.2, 0.25) is 0 Å². The predicted octanol–water partition coefficient (Wildman–Crippen LogP) is 4.24. The Morgan fingerprint density at radius 1 is 1.18 bits per heavy atom. The molecule has 2 aliphatic heterocycles. The van der Waals surface area contributed by atoms with Gasteiger partial charge in [0.15, 0.2) is 0 Å². The monoisotopic (exact) mass is 620 g/mol. The second-order valence-electron chi connectivity index (χ2n) is 12.1. The molecule has 6 rings (SSSR count). The standard InChI is InChI=1S/C33H35F3N6O3/c1-3-7-28(43)38-12-6-11-37-17-22-14-25-26(27(15-22)33(34,35)36)18-42(29(25)44)24-9-4-8-23(16-24)32(30-40-39-21-41(30)2)19-31(20-32)10-5-13-45-31/h4,8-9,14-16,21,37H,5-6,10-13,17-20H2,1-2H3,(H,38,43). The number of fused-ring (bicyclic) bond motifs is 1. The number of hydrogen-bond acceptors (Lipinski definition) is 6. The fourth-order valence-electron chi connectivity index (χ4n) is 7.10. The zero-order chi connectivity index (χ0) is 31.8. The molecule has 12 heteroatoms. The van der Waals surface area contributed by atoms with E-state index in [0.717, 1.165) is 49.7 Å². The summed E-state index contributed by atoms with van der Waals surface area (Å²) in [7, 11) is 1.90. The molecule has 1 saturated carbocycles. The van der Waals surface area contributed by atoms with Crippen LogP contribution in [0.4, 0.5) is 18.9 Å². The van der Waals surface area contributed by atoms with E-state index >= 15 is 0 Å². The first-order valence-corrected chi connectivity index (χ1v) is 15.1. The molecule has 1 spiro atoms. The normalized spacial score (nSPS) is 22.2. The van der Waals surface area contributed by atoms with Crippen LogP contribution in [0.3, 0.4) is 0 Å². The van der Waals surface area contributed by atoms with Crippen LogP contribution in [0.25, 0.3) is 0 Å². The molecular formula is C33H35F3N6O3. The number of nitrogens with zero attached hydrogens (tertiary/aromatic N) is 4. The minimum absolute atomic E-state index is 0.0219. The maximum Gasteiger partial charge on any atom is 0.416 e. The Hall–Kier alpha value is -4.21. The summed E-state index contributed by atoms with van der Waals surface area (Å²) < 4.78 is 50.9. The number of amides is 2. The second kappa shape index (κ2) is 11.9. The van der Waals surface area contributed by atoms with Gasteiger partial charge in [0.05, 0.1) is 23.1 Å². The SMILES string of the molecule is CC#CC(=O)NCCCNCc1cc2c(c(C(F)(F)F)c1)CN(c1cccc(C3(c4nncn4C)CC4(CCCO4)C3)c1)C2=O. The first-order valence-electron chi connectivity index (χ1n) is 15.1. The zero-order valence-electron chi connectivity index (χ0n) is 25.3. The van der Waals surface area contributed by atoms with Crippen LogP contribution in [-0.2, 0) is 41.3 Å². The number of aromatic nitrogens is 3. The Morgan fingerprint density at radius 3 is 2.69 bits per heavy atom. The van der Waals surface area contributed by atoms with E-state index in [9.17, 15) is 22.8 Å². The number of hydrogen-bond donors (Lipinski definition) is 2. The topological polar surface area (TPSA) is 101 Å². The lowest BCUT2D eigenvalue weighted by Gasteiger charge is -2.53. The van der Waals surface area contributed by atoms with Crippen LogP contribution in [0, 0.1) is 11.8 Å². The minimum Gasteiger partial charge on any atom is -0.375 e. The number of halogens is 3. The van der Waals surface area contributed by atoms with Crippen molar-refractivity contribution in [3.05, 3.63) is 76.4 Å². The lowest BCUT2D eigenvalue weighted by atomic mass is 9.54. The largest absolute Gasteiger partial charge is 0.416 e. The number of carbonyl (C=O) groups is 2. The van der Waals surface area contributed by atoms with E-state index in [1.165, 1.54) is 4.90 Å². The van der Waals surface area contributed by atoms with E-state index in [-0.39, 0.29) is 35.7 Å². The molecular weight excluding hydrogens is 585 g/mol. The maximum absolute atomic E-state index is 14.3. The fourth-order valence-corrected chi connectivity index (χ4v) is 7.10. The van der Waals surface area contributed by atoms with Crippen molar-refractivity contribution < 1.29 is 27.5 Å². The van der Waals surface area contributed by atoms with Gasteiger partial charge in [0.1, 0.15) is 12.2 Å². The van der Waals surface area contributed by atoms with Gasteiger partial charge in [-0.15, -0.1) is 10.2 Å². The highest BCUT2D eigenvalue weighted by Gasteiger charge is 2.60. The summed E-state index contributed by atoms with van der Waals surface area (Å²) in [5.74, 6) is 4.86. The number of alkyl halides is 3. The number of rotatable bonds is 9. The average molecular weight is 621 g/mol. The summed E-state index contributed by atoms with van der Waals surface area (Å²) in [6.07, 6.45) is 1.01. The first-order chi connectivity index (χ1) is 21.6. The van der Waals surface area contributed by atoms with Gasteiger partial charge in [-0.3, -0.25) is 9.59 Å². The van der Waals surface area contributed by atoms with Gasteiger partial charge >= 0.3 is 6.18 Å². The summed E-state index contributed by atoms with van der Waals surface area (Å²) >= 11 is 0. The van der Waals surface area contributed by atoms with Crippen molar-refractivity contribution in [1.29, 1.82) is 0 Å². The average Bonchev–Trinajstić information content (AvgIpc) is 3.72. The molecule has 45 heavy (non-hydrogen) atoms. The van der Waals surface area contributed by atoms with E-state index in [1.807, 2.05) is 29.8 Å². The summed E-state index contributed by atoms with van der Waals surface area (Å²) in [6.45, 7) is 3.11. The molecule has 3 aliphatic rings. The first kappa shape index (κ1) is 30.8. The van der Waals surface area contributed by atoms with Gasteiger partial charge in [0.25, 0.3) is 11.8 Å². The van der Waals surface area contributed by atoms with Crippen LogP contribution in [0.15, 0.2) is 42.7 Å². The summed E-state index contributed by atoms with van der Waals surface area (Å²) in [4.78, 5) is 26.6. The second-order valence-corrected chi connectivity index (χ2v) is 12.1. The Balaban J connectivity index is 1.23. The fraction of sp³-hybridized carbons (Fsp3) is 0.455. The van der Waals surface area contributed by atoms with Gasteiger partial charge in [-0.25, -0.2) is 0 Å². The van der Waals surface area contributed by atoms with E-state index in [2.05, 4.69) is 32.7 Å². The van der Waals surface area contributed by atoms with Gasteiger partial charge in [-0.1, -0.05) is 18.1 Å². The van der Waals surface area contributed by atoms with E-state index in [1.54, 1.807) is 25.4 Å². The van der Waals surface area contributed by atoms with Crippen molar-refractivity contribution in [2.45, 2.75) is 69.3 Å². The summed E-state index contributed by atoms with van der Waals surface area (Å²) in [5.41, 5.74) is 0.363. The maximum atomic E-state index is 14.3. The smallest absolute Gasteiger partial charge is 0.375 e. The molecule has 3 aromatic rings. The van der Waals surface area contributed by atoms with Gasteiger partial charge in [-0.05, 0) is 92.4 Å². The number of anilines is 1. The van der Waals surface area contributed by atoms with Gasteiger partial charge < -0.3 is 24.8 Å². The molecule has 236 valence electrons. The van der Waals surface area contributed by atoms with Crippen molar-refractivity contribution in [2.75, 3.05) is 24.6 Å². The van der Waals surface area contributed by atoms with Crippen LogP contribution in [-0.4, -0.2) is 51.9 Å². The van der Waals surface area contributed by atoms with Gasteiger partial charge in [-0.2, -0.15) is 13.2 Å². The lowest BCUT2D eigenvalue weighted by molar-refractivity contribution is -0.138. The highest BCUT2D eigenvalue weighted by atomic mass is 19.4. The van der Waals surface area contributed by atoms with Crippen molar-refractivity contribution in [3.8, 4) is 11.8 Å². The molecule has 2 N–H and O–H groups in total. The van der Waals surface area contributed by atoms with Gasteiger partial charge in [0, 0.05) is 38.0 Å². The van der Waals surface area contributed by atoms with Crippen molar-refractivity contribution in [1.82, 2.24) is 25.4 Å². The number of benzene rings is 2. The number of carbonyl (C=O) groups excluding carboxylic acids is 2. The molecule has 9 nitrogen and oxygen atoms in total. The molecule has 0 unspecified atom stereocenters. The molecule has 2 aromatic carbocycles. The number of nitrogens with one attached hydrogen (secondary N) is 2. The molecule has 0 radical (unpaired) electrons. The van der Waals surface area contributed by atoms with E-state index < -0.39 is 23.1 Å². The summed E-state index contributed by atoms with van der Waals surface area (Å²) in [6, 6.07) is 10.2. The highest BCUT2D eigenvalue weighted by molar-refractivity contribution is 6.10. The molecule has 0 bridgehead atoms. The number of ether oxygens (including phenoxy) is 1. The number of aryl methyl sites for hydroxylation is 1. The van der Waals surface area contributed by atoms with Crippen molar-refractivity contribution >= 4 is 17.5 Å². The Bertz CT molecular complexity index is 1670. The predicted molar refractivity (Wildman–Crippen MR) is 160 cm³/mol. The Kier molecular flexibility index (Phi) is 8.18. The van der Waals surface area contributed by atoms with Crippen LogP contribution >= 0.6 is 0 Å². The van der Waals surface area contributed by atoms with E-state index in [4.69, 9.17) is 4.74 Å². The minimum atomic E-state index is -4.63. The lowest BCUT2D eigenvalue weighted by Crippen LogP contribution is -2.56. The zero-order valence-corrected chi connectivity index (χ0v) is 25.3. The molecule has 1 saturated heterocycles. The van der Waals surface area contributed by atoms with Crippen molar-refractivity contribution in [2.24, 2.45) is 7.05 Å². The third-order valence-corrected chi connectivity index (χ3v) is 9.07. The Labute approximate surface area is 259 Å². The van der Waals surface area contributed by atoms with Crippen LogP contribution in [0.1, 0.15) is 77.5 Å². The van der Waals surface area contributed by atoms with E-state index in [0.29, 0.717) is 30.8 Å². The summed E-state index contributed by atoms with van der Waals surface area (Å²) in [5, 5.41) is 14.3. The van der Waals surface area contributed by atoms with Crippen molar-refractivity contribution in [3.63, 3.8) is 0 Å². The molecule has 1 aromatic heterocycles. The van der Waals surface area contributed by atoms with Crippen LogP contribution in [0.2, 0.25) is 0 Å². The molecule has 1 aliphatic carbocycles.